The van der Waals surface area contributed by atoms with E-state index in [0.717, 1.165) is 38.5 Å². The van der Waals surface area contributed by atoms with E-state index in [0.29, 0.717) is 25.8 Å². The molecule has 0 saturated heterocycles. The van der Waals surface area contributed by atoms with Crippen molar-refractivity contribution in [3.05, 3.63) is 82.9 Å². The van der Waals surface area contributed by atoms with E-state index in [2.05, 4.69) is 68.4 Å². The third kappa shape index (κ3) is 10.8. The maximum atomic E-state index is 13.6. The molecule has 1 amide bonds. The number of amides is 1. The van der Waals surface area contributed by atoms with Crippen molar-refractivity contribution in [2.24, 2.45) is 5.92 Å². The number of aliphatic hydroxyl groups excluding tert-OH is 1. The van der Waals surface area contributed by atoms with Crippen molar-refractivity contribution in [1.82, 2.24) is 4.90 Å². The minimum absolute atomic E-state index is 0.169. The van der Waals surface area contributed by atoms with Gasteiger partial charge in [-0.25, -0.2) is 4.79 Å². The standard InChI is InChI=1S/C37H48N2O5/c1-4-29(25-38)26-39(21-11-5-7-14-31-19-20-32-15-9-10-16-33(32)24-31)36(41)35(34(40)37(42)43)44-22-12-6-8-13-30-18-17-27(2)28(3)23-30/h9-10,15-20,23-24,29,34-35,40H,4-8,11-14,21-22,26H2,1-3H3,(H,42,43)/t29?,34-,35-/m1/s1. The van der Waals surface area contributed by atoms with Gasteiger partial charge in [0, 0.05) is 19.7 Å². The van der Waals surface area contributed by atoms with Crippen molar-refractivity contribution in [2.75, 3.05) is 19.7 Å². The summed E-state index contributed by atoms with van der Waals surface area (Å²) in [7, 11) is 0. The molecule has 1 unspecified atom stereocenters. The summed E-state index contributed by atoms with van der Waals surface area (Å²) >= 11 is 0. The maximum Gasteiger partial charge on any atom is 0.335 e. The largest absolute Gasteiger partial charge is 0.479 e. The Morgan fingerprint density at radius 2 is 1.52 bits per heavy atom. The van der Waals surface area contributed by atoms with Gasteiger partial charge in [-0.05, 0) is 91.8 Å². The maximum absolute atomic E-state index is 13.6. The predicted molar refractivity (Wildman–Crippen MR) is 174 cm³/mol. The van der Waals surface area contributed by atoms with E-state index >= 15 is 0 Å². The van der Waals surface area contributed by atoms with Gasteiger partial charge in [0.25, 0.3) is 5.91 Å². The number of nitriles is 1. The highest BCUT2D eigenvalue weighted by Gasteiger charge is 2.36. The lowest BCUT2D eigenvalue weighted by Gasteiger charge is -2.30. The van der Waals surface area contributed by atoms with E-state index < -0.39 is 24.1 Å². The van der Waals surface area contributed by atoms with Gasteiger partial charge in [-0.3, -0.25) is 4.79 Å². The van der Waals surface area contributed by atoms with Gasteiger partial charge in [0.15, 0.2) is 12.2 Å². The molecule has 0 aliphatic carbocycles. The lowest BCUT2D eigenvalue weighted by molar-refractivity contribution is -0.167. The molecular weight excluding hydrogens is 552 g/mol. The average molecular weight is 601 g/mol. The summed E-state index contributed by atoms with van der Waals surface area (Å²) in [5, 5.41) is 32.0. The average Bonchev–Trinajstić information content (AvgIpc) is 3.03. The van der Waals surface area contributed by atoms with Crippen molar-refractivity contribution in [3.8, 4) is 6.07 Å². The van der Waals surface area contributed by atoms with Gasteiger partial charge < -0.3 is 19.8 Å². The molecule has 0 radical (unpaired) electrons. The molecule has 7 heteroatoms. The highest BCUT2D eigenvalue weighted by molar-refractivity contribution is 5.88. The molecule has 3 aromatic carbocycles. The van der Waals surface area contributed by atoms with Crippen LogP contribution in [0.4, 0.5) is 0 Å². The molecule has 0 aliphatic rings. The molecule has 0 aliphatic heterocycles. The molecule has 3 rings (SSSR count). The highest BCUT2D eigenvalue weighted by Crippen LogP contribution is 2.19. The van der Waals surface area contributed by atoms with Gasteiger partial charge >= 0.3 is 5.97 Å². The number of rotatable bonds is 19. The number of carboxylic acid groups (broad SMARTS) is 1. The number of aliphatic carboxylic acids is 1. The summed E-state index contributed by atoms with van der Waals surface area (Å²) in [5.41, 5.74) is 5.08. The second-order valence-corrected chi connectivity index (χ2v) is 11.8. The monoisotopic (exact) mass is 600 g/mol. The van der Waals surface area contributed by atoms with Crippen LogP contribution in [0, 0.1) is 31.1 Å². The van der Waals surface area contributed by atoms with Gasteiger partial charge in [-0.1, -0.05) is 80.4 Å². The first-order valence-corrected chi connectivity index (χ1v) is 16.0. The number of unbranched alkanes of at least 4 members (excludes halogenated alkanes) is 4. The minimum atomic E-state index is -1.98. The number of carbonyl (C=O) groups is 2. The fraction of sp³-hybridized carbons (Fsp3) is 0.486. The third-order valence-electron chi connectivity index (χ3n) is 8.40. The van der Waals surface area contributed by atoms with Crippen LogP contribution in [-0.2, 0) is 27.2 Å². The van der Waals surface area contributed by atoms with Crippen LogP contribution < -0.4 is 0 Å². The summed E-state index contributed by atoms with van der Waals surface area (Å²) in [6.07, 6.45) is 3.88. The van der Waals surface area contributed by atoms with Crippen molar-refractivity contribution in [2.45, 2.75) is 90.8 Å². The topological polar surface area (TPSA) is 111 Å². The van der Waals surface area contributed by atoms with Gasteiger partial charge in [0.2, 0.25) is 0 Å². The number of nitrogens with zero attached hydrogens (tertiary/aromatic N) is 2. The molecule has 236 valence electrons. The smallest absolute Gasteiger partial charge is 0.335 e. The van der Waals surface area contributed by atoms with E-state index in [9.17, 15) is 25.1 Å². The van der Waals surface area contributed by atoms with Crippen molar-refractivity contribution in [1.29, 1.82) is 5.26 Å². The fourth-order valence-electron chi connectivity index (χ4n) is 5.41. The molecule has 3 atom stereocenters. The lowest BCUT2D eigenvalue weighted by atomic mass is 10.0. The number of carbonyl (C=O) groups excluding carboxylic acids is 1. The van der Waals surface area contributed by atoms with Crippen LogP contribution in [0.5, 0.6) is 0 Å². The van der Waals surface area contributed by atoms with Crippen LogP contribution in [0.15, 0.2) is 60.7 Å². The number of benzene rings is 3. The zero-order valence-corrected chi connectivity index (χ0v) is 26.5. The summed E-state index contributed by atoms with van der Waals surface area (Å²) in [5.74, 6) is -2.46. The second kappa shape index (κ2) is 18.2. The van der Waals surface area contributed by atoms with Crippen LogP contribution >= 0.6 is 0 Å². The van der Waals surface area contributed by atoms with Gasteiger partial charge in [0.1, 0.15) is 0 Å². The normalized spacial score (nSPS) is 13.2. The molecule has 7 nitrogen and oxygen atoms in total. The number of aryl methyl sites for hydroxylation is 4. The molecule has 0 spiro atoms. The van der Waals surface area contributed by atoms with Crippen LogP contribution in [0.2, 0.25) is 0 Å². The highest BCUT2D eigenvalue weighted by atomic mass is 16.5. The zero-order chi connectivity index (χ0) is 31.9. The summed E-state index contributed by atoms with van der Waals surface area (Å²) in [4.78, 5) is 26.8. The molecule has 0 aromatic heterocycles. The van der Waals surface area contributed by atoms with Crippen LogP contribution in [0.1, 0.15) is 74.1 Å². The van der Waals surface area contributed by atoms with Crippen molar-refractivity contribution in [3.63, 3.8) is 0 Å². The number of ether oxygens (including phenoxy) is 1. The van der Waals surface area contributed by atoms with Crippen LogP contribution in [-0.4, -0.2) is 58.9 Å². The Kier molecular flexibility index (Phi) is 14.3. The first kappa shape index (κ1) is 34.8. The Hall–Kier alpha value is -3.73. The molecule has 0 bridgehead atoms. The third-order valence-corrected chi connectivity index (χ3v) is 8.40. The first-order chi connectivity index (χ1) is 21.2. The predicted octanol–water partition coefficient (Wildman–Crippen LogP) is 6.79. The first-order valence-electron chi connectivity index (χ1n) is 16.0. The number of hydrogen-bond acceptors (Lipinski definition) is 5. The summed E-state index contributed by atoms with van der Waals surface area (Å²) in [6.45, 7) is 6.81. The van der Waals surface area contributed by atoms with E-state index in [1.807, 2.05) is 19.1 Å². The van der Waals surface area contributed by atoms with Gasteiger partial charge in [-0.15, -0.1) is 0 Å². The second-order valence-electron chi connectivity index (χ2n) is 11.8. The number of carboxylic acids is 1. The Balaban J connectivity index is 1.53. The van der Waals surface area contributed by atoms with Gasteiger partial charge in [0.05, 0.1) is 12.0 Å². The Morgan fingerprint density at radius 1 is 0.864 bits per heavy atom. The molecule has 0 saturated carbocycles. The molecular formula is C37H48N2O5. The molecule has 3 aromatic rings. The SMILES string of the molecule is CCC(C#N)CN(CCCCCc1ccc2ccccc2c1)C(=O)[C@H](OCCCCCc1ccc(C)c(C)c1)[C@@H](O)C(=O)O. The summed E-state index contributed by atoms with van der Waals surface area (Å²) < 4.78 is 5.76. The Labute approximate surface area is 262 Å². The Morgan fingerprint density at radius 3 is 2.18 bits per heavy atom. The van der Waals surface area contributed by atoms with E-state index in [-0.39, 0.29) is 19.1 Å². The van der Waals surface area contributed by atoms with Crippen LogP contribution in [0.3, 0.4) is 0 Å². The minimum Gasteiger partial charge on any atom is -0.479 e. The number of fused-ring (bicyclic) bond motifs is 1. The van der Waals surface area contributed by atoms with E-state index in [4.69, 9.17) is 4.74 Å². The van der Waals surface area contributed by atoms with Crippen molar-refractivity contribution < 1.29 is 24.5 Å². The number of hydrogen-bond donors (Lipinski definition) is 2. The summed E-state index contributed by atoms with van der Waals surface area (Å²) in [6, 6.07) is 23.5. The molecule has 0 heterocycles. The quantitative estimate of drug-likeness (QED) is 0.147. The Bertz CT molecular complexity index is 1400. The van der Waals surface area contributed by atoms with Gasteiger partial charge in [-0.2, -0.15) is 5.26 Å². The lowest BCUT2D eigenvalue weighted by Crippen LogP contribution is -2.50. The van der Waals surface area contributed by atoms with Crippen molar-refractivity contribution >= 4 is 22.6 Å². The van der Waals surface area contributed by atoms with E-state index in [1.165, 1.54) is 37.9 Å². The molecule has 2 N–H and O–H groups in total. The molecule has 0 fully saturated rings. The van der Waals surface area contributed by atoms with Crippen LogP contribution in [0.25, 0.3) is 10.8 Å². The molecule has 44 heavy (non-hydrogen) atoms. The number of aliphatic hydroxyl groups is 1. The zero-order valence-electron chi connectivity index (χ0n) is 26.5. The fourth-order valence-corrected chi connectivity index (χ4v) is 5.41. The van der Waals surface area contributed by atoms with E-state index in [1.54, 1.807) is 0 Å².